The summed E-state index contributed by atoms with van der Waals surface area (Å²) in [5.41, 5.74) is 8.66. The number of hydrazone groups is 1. The van der Waals surface area contributed by atoms with Crippen molar-refractivity contribution in [2.75, 3.05) is 0 Å². The number of aromatic amines is 1. The summed E-state index contributed by atoms with van der Waals surface area (Å²) in [5, 5.41) is 6.67. The van der Waals surface area contributed by atoms with Gasteiger partial charge in [0.15, 0.2) is 5.84 Å². The fraction of sp³-hybridized carbons (Fsp3) is 0.0385. The molecule has 2 N–H and O–H groups in total. The van der Waals surface area contributed by atoms with E-state index in [1.807, 2.05) is 79.9 Å². The molecule has 3 aromatic carbocycles. The molecule has 0 aliphatic carbocycles. The minimum atomic E-state index is 0.544. The van der Waals surface area contributed by atoms with Crippen LogP contribution in [-0.4, -0.2) is 22.0 Å². The smallest absolute Gasteiger partial charge is 0.173 e. The van der Waals surface area contributed by atoms with E-state index in [1.165, 1.54) is 0 Å². The number of rotatable bonds is 4. The molecule has 0 unspecified atom stereocenters. The van der Waals surface area contributed by atoms with Gasteiger partial charge in [-0.1, -0.05) is 42.5 Å². The standard InChI is InChI=1S/C26H19Br2N5/c1-16-12-20(27)25(21(28)13-16)32-26(24-11-10-17-6-2-4-8-22(17)31-24)33-30-15-18-14-29-23-9-5-3-7-19(18)23/h2-15,29H,1H3,(H,32,33). The first kappa shape index (κ1) is 21.6. The molecule has 0 bridgehead atoms. The van der Waals surface area contributed by atoms with Gasteiger partial charge in [-0.2, -0.15) is 5.10 Å². The Bertz CT molecular complexity index is 1510. The summed E-state index contributed by atoms with van der Waals surface area (Å²) < 4.78 is 1.77. The van der Waals surface area contributed by atoms with Crippen molar-refractivity contribution in [3.63, 3.8) is 0 Å². The summed E-state index contributed by atoms with van der Waals surface area (Å²) in [6, 6.07) is 24.2. The molecule has 33 heavy (non-hydrogen) atoms. The van der Waals surface area contributed by atoms with Gasteiger partial charge in [0.05, 0.1) is 17.4 Å². The lowest BCUT2D eigenvalue weighted by atomic mass is 10.2. The number of amidine groups is 1. The monoisotopic (exact) mass is 559 g/mol. The molecule has 2 heterocycles. The summed E-state index contributed by atoms with van der Waals surface area (Å²) in [6.07, 6.45) is 3.72. The van der Waals surface area contributed by atoms with E-state index in [0.717, 1.165) is 47.6 Å². The van der Waals surface area contributed by atoms with Crippen LogP contribution in [0.3, 0.4) is 0 Å². The Balaban J connectivity index is 1.56. The Labute approximate surface area is 207 Å². The number of fused-ring (bicyclic) bond motifs is 2. The van der Waals surface area contributed by atoms with Crippen LogP contribution in [0.25, 0.3) is 21.8 Å². The molecule has 0 saturated heterocycles. The van der Waals surface area contributed by atoms with Crippen molar-refractivity contribution in [1.82, 2.24) is 15.4 Å². The molecule has 2 aromatic heterocycles. The Hall–Kier alpha value is -3.29. The minimum absolute atomic E-state index is 0.544. The molecule has 0 aliphatic rings. The second-order valence-corrected chi connectivity index (χ2v) is 9.30. The van der Waals surface area contributed by atoms with Crippen LogP contribution in [0, 0.1) is 6.92 Å². The van der Waals surface area contributed by atoms with Crippen LogP contribution >= 0.6 is 31.9 Å². The van der Waals surface area contributed by atoms with Crippen LogP contribution in [0.1, 0.15) is 16.8 Å². The third kappa shape index (κ3) is 4.60. The van der Waals surface area contributed by atoms with E-state index in [0.29, 0.717) is 11.5 Å². The highest BCUT2D eigenvalue weighted by atomic mass is 79.9. The lowest BCUT2D eigenvalue weighted by Crippen LogP contribution is -2.20. The maximum atomic E-state index is 4.88. The van der Waals surface area contributed by atoms with Gasteiger partial charge in [0.25, 0.3) is 0 Å². The van der Waals surface area contributed by atoms with Crippen molar-refractivity contribution in [3.05, 3.63) is 105 Å². The molecule has 0 saturated carbocycles. The van der Waals surface area contributed by atoms with Crippen LogP contribution in [-0.2, 0) is 0 Å². The molecule has 0 atom stereocenters. The molecule has 162 valence electrons. The number of nitrogens with zero attached hydrogens (tertiary/aromatic N) is 3. The predicted molar refractivity (Wildman–Crippen MR) is 144 cm³/mol. The van der Waals surface area contributed by atoms with Crippen LogP contribution in [0.4, 0.5) is 5.69 Å². The van der Waals surface area contributed by atoms with Gasteiger partial charge < -0.3 is 4.98 Å². The summed E-state index contributed by atoms with van der Waals surface area (Å²) >= 11 is 7.28. The third-order valence-corrected chi connectivity index (χ3v) is 6.43. The molecule has 0 fully saturated rings. The van der Waals surface area contributed by atoms with Gasteiger partial charge in [0.1, 0.15) is 5.69 Å². The number of H-pyrrole nitrogens is 1. The molecular weight excluding hydrogens is 542 g/mol. The lowest BCUT2D eigenvalue weighted by molar-refractivity contribution is 1.02. The second kappa shape index (κ2) is 9.29. The molecule has 0 radical (unpaired) electrons. The van der Waals surface area contributed by atoms with Crippen LogP contribution < -0.4 is 5.43 Å². The first-order valence-electron chi connectivity index (χ1n) is 10.3. The number of hydrogen-bond donors (Lipinski definition) is 2. The largest absolute Gasteiger partial charge is 0.361 e. The second-order valence-electron chi connectivity index (χ2n) is 7.59. The zero-order valence-electron chi connectivity index (χ0n) is 17.7. The fourth-order valence-corrected chi connectivity index (χ4v) is 5.20. The Kier molecular flexibility index (Phi) is 6.07. The van der Waals surface area contributed by atoms with Crippen molar-refractivity contribution in [2.45, 2.75) is 6.92 Å². The zero-order chi connectivity index (χ0) is 22.8. The summed E-state index contributed by atoms with van der Waals surface area (Å²) in [5.74, 6) is 0.544. The molecular formula is C26H19Br2N5. The van der Waals surface area contributed by atoms with E-state index in [2.05, 4.69) is 53.4 Å². The van der Waals surface area contributed by atoms with E-state index < -0.39 is 0 Å². The maximum absolute atomic E-state index is 4.88. The van der Waals surface area contributed by atoms with E-state index >= 15 is 0 Å². The van der Waals surface area contributed by atoms with Gasteiger partial charge in [-0.05, 0) is 74.7 Å². The molecule has 5 aromatic rings. The van der Waals surface area contributed by atoms with Gasteiger partial charge >= 0.3 is 0 Å². The minimum Gasteiger partial charge on any atom is -0.361 e. The molecule has 5 rings (SSSR count). The SMILES string of the molecule is Cc1cc(Br)c(N=C(NN=Cc2c[nH]c3ccccc23)c2ccc3ccccc3n2)c(Br)c1. The highest BCUT2D eigenvalue weighted by molar-refractivity contribution is 9.11. The Morgan fingerprint density at radius 2 is 1.73 bits per heavy atom. The van der Waals surface area contributed by atoms with E-state index in [-0.39, 0.29) is 0 Å². The number of pyridine rings is 1. The number of aromatic nitrogens is 2. The highest BCUT2D eigenvalue weighted by Gasteiger charge is 2.11. The van der Waals surface area contributed by atoms with E-state index in [4.69, 9.17) is 9.98 Å². The normalized spacial score (nSPS) is 12.2. The Morgan fingerprint density at radius 1 is 0.970 bits per heavy atom. The first-order valence-corrected chi connectivity index (χ1v) is 11.9. The summed E-state index contributed by atoms with van der Waals surface area (Å²) in [4.78, 5) is 13.0. The molecule has 7 heteroatoms. The van der Waals surface area contributed by atoms with Gasteiger partial charge in [-0.15, -0.1) is 0 Å². The van der Waals surface area contributed by atoms with Crippen molar-refractivity contribution in [3.8, 4) is 0 Å². The number of nitrogens with one attached hydrogen (secondary N) is 2. The quantitative estimate of drug-likeness (QED) is 0.138. The number of aryl methyl sites for hydroxylation is 1. The molecule has 0 spiro atoms. The Morgan fingerprint density at radius 3 is 2.58 bits per heavy atom. The van der Waals surface area contributed by atoms with E-state index in [1.54, 1.807) is 6.21 Å². The average molecular weight is 561 g/mol. The van der Waals surface area contributed by atoms with Crippen molar-refractivity contribution >= 4 is 71.4 Å². The maximum Gasteiger partial charge on any atom is 0.173 e. The van der Waals surface area contributed by atoms with Gasteiger partial charge in [-0.3, -0.25) is 5.43 Å². The van der Waals surface area contributed by atoms with Crippen molar-refractivity contribution in [1.29, 1.82) is 0 Å². The highest BCUT2D eigenvalue weighted by Crippen LogP contribution is 2.35. The number of para-hydroxylation sites is 2. The average Bonchev–Trinajstić information content (AvgIpc) is 3.23. The summed E-state index contributed by atoms with van der Waals surface area (Å²) in [6.45, 7) is 2.04. The first-order chi connectivity index (χ1) is 16.1. The molecule has 0 amide bonds. The van der Waals surface area contributed by atoms with Crippen LogP contribution in [0.2, 0.25) is 0 Å². The topological polar surface area (TPSA) is 65.4 Å². The number of aliphatic imine (C=N–C) groups is 1. The van der Waals surface area contributed by atoms with Gasteiger partial charge in [0, 0.05) is 37.0 Å². The van der Waals surface area contributed by atoms with Gasteiger partial charge in [0.2, 0.25) is 0 Å². The molecule has 5 nitrogen and oxygen atoms in total. The zero-order valence-corrected chi connectivity index (χ0v) is 20.9. The van der Waals surface area contributed by atoms with E-state index in [9.17, 15) is 0 Å². The van der Waals surface area contributed by atoms with Crippen molar-refractivity contribution < 1.29 is 0 Å². The van der Waals surface area contributed by atoms with Gasteiger partial charge in [-0.25, -0.2) is 9.98 Å². The fourth-order valence-electron chi connectivity index (χ4n) is 3.61. The number of benzene rings is 3. The predicted octanol–water partition coefficient (Wildman–Crippen LogP) is 7.25. The van der Waals surface area contributed by atoms with Crippen LogP contribution in [0.15, 0.2) is 98.0 Å². The lowest BCUT2D eigenvalue weighted by Gasteiger charge is -2.10. The molecule has 0 aliphatic heterocycles. The summed E-state index contributed by atoms with van der Waals surface area (Å²) in [7, 11) is 0. The number of hydrogen-bond acceptors (Lipinski definition) is 3. The third-order valence-electron chi connectivity index (χ3n) is 5.22. The van der Waals surface area contributed by atoms with Crippen LogP contribution in [0.5, 0.6) is 0 Å². The number of halogens is 2. The van der Waals surface area contributed by atoms with Crippen molar-refractivity contribution in [2.24, 2.45) is 10.1 Å².